The highest BCUT2D eigenvalue weighted by molar-refractivity contribution is 5.64. The van der Waals surface area contributed by atoms with Gasteiger partial charge in [-0.1, -0.05) is 0 Å². The zero-order chi connectivity index (χ0) is 14.7. The second-order valence-electron chi connectivity index (χ2n) is 4.86. The average Bonchev–Trinajstić information content (AvgIpc) is 2.46. The number of nitrogens with two attached hydrogens (primary N) is 1. The SMILES string of the molecule is COC1CCN(c2cc(F)ccc2[N+](=O)[O-])C(CN)C1. The Balaban J connectivity index is 2.34. The molecule has 2 N–H and O–H groups in total. The van der Waals surface area contributed by atoms with Crippen molar-refractivity contribution in [2.24, 2.45) is 5.73 Å². The molecule has 0 aliphatic carbocycles. The lowest BCUT2D eigenvalue weighted by atomic mass is 9.98. The molecule has 1 aliphatic heterocycles. The van der Waals surface area contributed by atoms with Crippen LogP contribution in [0.25, 0.3) is 0 Å². The molecule has 20 heavy (non-hydrogen) atoms. The lowest BCUT2D eigenvalue weighted by molar-refractivity contribution is -0.384. The number of rotatable bonds is 4. The van der Waals surface area contributed by atoms with E-state index in [4.69, 9.17) is 10.5 Å². The number of nitrogens with zero attached hydrogens (tertiary/aromatic N) is 2. The van der Waals surface area contributed by atoms with Crippen molar-refractivity contribution in [1.82, 2.24) is 0 Å². The minimum Gasteiger partial charge on any atom is -0.381 e. The van der Waals surface area contributed by atoms with Crippen LogP contribution in [0.4, 0.5) is 15.8 Å². The predicted molar refractivity (Wildman–Crippen MR) is 73.3 cm³/mol. The number of anilines is 1. The number of ether oxygens (including phenoxy) is 1. The molecule has 2 rings (SSSR count). The third-order valence-electron chi connectivity index (χ3n) is 3.72. The van der Waals surface area contributed by atoms with Gasteiger partial charge in [0.25, 0.3) is 5.69 Å². The summed E-state index contributed by atoms with van der Waals surface area (Å²) in [4.78, 5) is 12.4. The summed E-state index contributed by atoms with van der Waals surface area (Å²) in [5, 5.41) is 11.1. The number of hydrogen-bond donors (Lipinski definition) is 1. The Bertz CT molecular complexity index is 498. The summed E-state index contributed by atoms with van der Waals surface area (Å²) in [6, 6.07) is 3.41. The number of halogens is 1. The summed E-state index contributed by atoms with van der Waals surface area (Å²) in [7, 11) is 1.64. The van der Waals surface area contributed by atoms with Crippen molar-refractivity contribution in [2.75, 3.05) is 25.1 Å². The zero-order valence-corrected chi connectivity index (χ0v) is 11.3. The second kappa shape index (κ2) is 6.15. The van der Waals surface area contributed by atoms with E-state index in [9.17, 15) is 14.5 Å². The normalized spacial score (nSPS) is 22.9. The molecular formula is C13H18FN3O3. The highest BCUT2D eigenvalue weighted by Crippen LogP contribution is 2.33. The van der Waals surface area contributed by atoms with Gasteiger partial charge in [-0.3, -0.25) is 10.1 Å². The first kappa shape index (κ1) is 14.7. The Morgan fingerprint density at radius 3 is 2.95 bits per heavy atom. The molecule has 6 nitrogen and oxygen atoms in total. The summed E-state index contributed by atoms with van der Waals surface area (Å²) in [6.45, 7) is 0.901. The van der Waals surface area contributed by atoms with Crippen LogP contribution in [0, 0.1) is 15.9 Å². The van der Waals surface area contributed by atoms with E-state index < -0.39 is 10.7 Å². The highest BCUT2D eigenvalue weighted by Gasteiger charge is 2.31. The smallest absolute Gasteiger partial charge is 0.292 e. The van der Waals surface area contributed by atoms with E-state index in [0.29, 0.717) is 25.2 Å². The van der Waals surface area contributed by atoms with Gasteiger partial charge in [-0.25, -0.2) is 4.39 Å². The molecule has 1 aliphatic rings. The largest absolute Gasteiger partial charge is 0.381 e. The molecule has 0 radical (unpaired) electrons. The molecular weight excluding hydrogens is 265 g/mol. The van der Waals surface area contributed by atoms with Crippen molar-refractivity contribution in [2.45, 2.75) is 25.0 Å². The molecule has 1 saturated heterocycles. The summed E-state index contributed by atoms with van der Waals surface area (Å²) >= 11 is 0. The molecule has 2 atom stereocenters. The quantitative estimate of drug-likeness (QED) is 0.671. The fraction of sp³-hybridized carbons (Fsp3) is 0.538. The standard InChI is InChI=1S/C13H18FN3O3/c1-20-11-4-5-16(10(7-11)8-15)13-6-9(14)2-3-12(13)17(18)19/h2-3,6,10-11H,4-5,7-8,15H2,1H3. The molecule has 1 aromatic rings. The number of benzene rings is 1. The van der Waals surface area contributed by atoms with Gasteiger partial charge in [0.15, 0.2) is 0 Å². The monoisotopic (exact) mass is 283 g/mol. The Hall–Kier alpha value is -1.73. The van der Waals surface area contributed by atoms with Crippen molar-refractivity contribution in [3.05, 3.63) is 34.1 Å². The molecule has 0 saturated carbocycles. The van der Waals surface area contributed by atoms with Gasteiger partial charge in [0, 0.05) is 38.4 Å². The van der Waals surface area contributed by atoms with Gasteiger partial charge in [-0.05, 0) is 18.9 Å². The fourth-order valence-corrected chi connectivity index (χ4v) is 2.65. The molecule has 1 heterocycles. The van der Waals surface area contributed by atoms with Gasteiger partial charge in [0.1, 0.15) is 11.5 Å². The molecule has 0 amide bonds. The van der Waals surface area contributed by atoms with Crippen LogP contribution in [0.3, 0.4) is 0 Å². The van der Waals surface area contributed by atoms with Crippen molar-refractivity contribution in [3.63, 3.8) is 0 Å². The number of piperidine rings is 1. The van der Waals surface area contributed by atoms with Crippen LogP contribution >= 0.6 is 0 Å². The molecule has 2 unspecified atom stereocenters. The summed E-state index contributed by atoms with van der Waals surface area (Å²) in [5.74, 6) is -0.491. The number of nitro groups is 1. The maximum Gasteiger partial charge on any atom is 0.292 e. The average molecular weight is 283 g/mol. The first-order valence-electron chi connectivity index (χ1n) is 6.50. The lowest BCUT2D eigenvalue weighted by Gasteiger charge is -2.39. The summed E-state index contributed by atoms with van der Waals surface area (Å²) < 4.78 is 18.8. The van der Waals surface area contributed by atoms with E-state index in [1.807, 2.05) is 4.90 Å². The third-order valence-corrected chi connectivity index (χ3v) is 3.72. The van der Waals surface area contributed by atoms with E-state index in [1.165, 1.54) is 12.1 Å². The Morgan fingerprint density at radius 2 is 2.35 bits per heavy atom. The van der Waals surface area contributed by atoms with E-state index in [2.05, 4.69) is 0 Å². The van der Waals surface area contributed by atoms with Gasteiger partial charge < -0.3 is 15.4 Å². The lowest BCUT2D eigenvalue weighted by Crippen LogP contribution is -2.48. The Labute approximate surface area is 116 Å². The Morgan fingerprint density at radius 1 is 1.60 bits per heavy atom. The highest BCUT2D eigenvalue weighted by atomic mass is 19.1. The minimum atomic E-state index is -0.495. The van der Waals surface area contributed by atoms with Crippen LogP contribution in [0.1, 0.15) is 12.8 Å². The fourth-order valence-electron chi connectivity index (χ4n) is 2.65. The van der Waals surface area contributed by atoms with Crippen molar-refractivity contribution in [3.8, 4) is 0 Å². The first-order valence-corrected chi connectivity index (χ1v) is 6.50. The van der Waals surface area contributed by atoms with Gasteiger partial charge in [-0.2, -0.15) is 0 Å². The van der Waals surface area contributed by atoms with Crippen molar-refractivity contribution >= 4 is 11.4 Å². The number of hydrogen-bond acceptors (Lipinski definition) is 5. The van der Waals surface area contributed by atoms with Gasteiger partial charge in [0.05, 0.1) is 11.0 Å². The molecule has 7 heteroatoms. The molecule has 1 aromatic carbocycles. The van der Waals surface area contributed by atoms with Gasteiger partial charge in [-0.15, -0.1) is 0 Å². The minimum absolute atomic E-state index is 0.0887. The molecule has 0 spiro atoms. The van der Waals surface area contributed by atoms with Crippen molar-refractivity contribution in [1.29, 1.82) is 0 Å². The predicted octanol–water partition coefficient (Wildman–Crippen LogP) is 1.68. The third kappa shape index (κ3) is 2.88. The maximum atomic E-state index is 13.4. The zero-order valence-electron chi connectivity index (χ0n) is 11.3. The van der Waals surface area contributed by atoms with E-state index in [0.717, 1.165) is 12.5 Å². The number of nitro benzene ring substituents is 1. The molecule has 110 valence electrons. The first-order chi connectivity index (χ1) is 9.56. The summed E-state index contributed by atoms with van der Waals surface area (Å²) in [6.07, 6.45) is 1.51. The van der Waals surface area contributed by atoms with Crippen molar-refractivity contribution < 1.29 is 14.1 Å². The molecule has 0 aromatic heterocycles. The maximum absolute atomic E-state index is 13.4. The van der Waals surface area contributed by atoms with Crippen LogP contribution in [0.15, 0.2) is 18.2 Å². The Kier molecular flexibility index (Phi) is 4.51. The topological polar surface area (TPSA) is 81.6 Å². The van der Waals surface area contributed by atoms with E-state index in [1.54, 1.807) is 7.11 Å². The van der Waals surface area contributed by atoms with Crippen LogP contribution < -0.4 is 10.6 Å². The summed E-state index contributed by atoms with van der Waals surface area (Å²) in [5.41, 5.74) is 5.95. The van der Waals surface area contributed by atoms with Crippen LogP contribution in [-0.4, -0.2) is 37.3 Å². The second-order valence-corrected chi connectivity index (χ2v) is 4.86. The molecule has 0 bridgehead atoms. The van der Waals surface area contributed by atoms with Crippen LogP contribution in [-0.2, 0) is 4.74 Å². The van der Waals surface area contributed by atoms with E-state index in [-0.39, 0.29) is 17.8 Å². The van der Waals surface area contributed by atoms with E-state index >= 15 is 0 Å². The van der Waals surface area contributed by atoms with Gasteiger partial charge >= 0.3 is 0 Å². The van der Waals surface area contributed by atoms with Crippen LogP contribution in [0.5, 0.6) is 0 Å². The molecule has 1 fully saturated rings. The van der Waals surface area contributed by atoms with Crippen LogP contribution in [0.2, 0.25) is 0 Å². The van der Waals surface area contributed by atoms with Gasteiger partial charge in [0.2, 0.25) is 0 Å². The number of methoxy groups -OCH3 is 1.